The molecule has 0 radical (unpaired) electrons. The molecule has 0 saturated carbocycles. The van der Waals surface area contributed by atoms with E-state index in [1.54, 1.807) is 0 Å². The van der Waals surface area contributed by atoms with Crippen LogP contribution in [0, 0.1) is 0 Å². The number of carbonyl (C=O) groups is 1. The molecule has 0 bridgehead atoms. The van der Waals surface area contributed by atoms with Crippen molar-refractivity contribution in [1.82, 2.24) is 0 Å². The summed E-state index contributed by atoms with van der Waals surface area (Å²) in [6.45, 7) is 1.80. The van der Waals surface area contributed by atoms with Gasteiger partial charge in [-0.25, -0.2) is 4.79 Å². The van der Waals surface area contributed by atoms with Crippen LogP contribution >= 0.6 is 0 Å². The Bertz CT molecular complexity index is 382. The molecule has 0 unspecified atom stereocenters. The number of alkyl halides is 8. The normalized spacial score (nSPS) is 14.4. The van der Waals surface area contributed by atoms with E-state index in [-0.39, 0.29) is 0 Å². The Hall–Kier alpha value is -1.35. The van der Waals surface area contributed by atoms with Gasteiger partial charge in [-0.05, 0) is 0 Å². The molecular weight excluding hydrogens is 292 g/mol. The minimum absolute atomic E-state index is 0.650. The molecule has 0 aliphatic heterocycles. The van der Waals surface area contributed by atoms with Crippen molar-refractivity contribution in [2.75, 3.05) is 0 Å². The fraction of sp³-hybridized carbons (Fsp3) is 0.667. The number of halogens is 8. The molecule has 0 aromatic carbocycles. The summed E-state index contributed by atoms with van der Waals surface area (Å²) in [5.74, 6) is -26.1. The molecule has 10 heteroatoms. The van der Waals surface area contributed by atoms with E-state index in [9.17, 15) is 39.9 Å². The Kier molecular flexibility index (Phi) is 4.31. The molecule has 0 heterocycles. The van der Waals surface area contributed by atoms with E-state index in [0.717, 1.165) is 0 Å². The summed E-state index contributed by atoms with van der Waals surface area (Å²) < 4.78 is 102. The van der Waals surface area contributed by atoms with Crippen molar-refractivity contribution in [2.24, 2.45) is 0 Å². The maximum atomic E-state index is 13.0. The molecule has 19 heavy (non-hydrogen) atoms. The first kappa shape index (κ1) is 17.6. The van der Waals surface area contributed by atoms with Crippen molar-refractivity contribution in [2.45, 2.75) is 37.0 Å². The van der Waals surface area contributed by atoms with E-state index >= 15 is 0 Å². The van der Waals surface area contributed by atoms with Gasteiger partial charge in [0.05, 0.1) is 0 Å². The highest BCUT2D eigenvalue weighted by atomic mass is 19.4. The second-order valence-electron chi connectivity index (χ2n) is 3.83. The SMILES string of the molecule is C=C(CC(F)(F)C(F)(F)C(F)(F)C(C)(F)F)C(=O)O. The topological polar surface area (TPSA) is 37.3 Å². The monoisotopic (exact) mass is 300 g/mol. The summed E-state index contributed by atoms with van der Waals surface area (Å²) in [6, 6.07) is 0. The third-order valence-electron chi connectivity index (χ3n) is 2.14. The Balaban J connectivity index is 5.52. The third-order valence-corrected chi connectivity index (χ3v) is 2.14. The van der Waals surface area contributed by atoms with Crippen molar-refractivity contribution < 1.29 is 45.0 Å². The summed E-state index contributed by atoms with van der Waals surface area (Å²) in [5.41, 5.74) is -1.51. The summed E-state index contributed by atoms with van der Waals surface area (Å²) in [4.78, 5) is 10.1. The predicted octanol–water partition coefficient (Wildman–Crippen LogP) is 3.58. The van der Waals surface area contributed by atoms with Crippen LogP contribution in [0.1, 0.15) is 13.3 Å². The summed E-state index contributed by atoms with van der Waals surface area (Å²) in [7, 11) is 0. The van der Waals surface area contributed by atoms with Gasteiger partial charge in [-0.15, -0.1) is 0 Å². The minimum atomic E-state index is -6.45. The smallest absolute Gasteiger partial charge is 0.378 e. The quantitative estimate of drug-likeness (QED) is 0.601. The van der Waals surface area contributed by atoms with Crippen molar-refractivity contribution in [1.29, 1.82) is 0 Å². The van der Waals surface area contributed by atoms with Crippen LogP contribution < -0.4 is 0 Å². The van der Waals surface area contributed by atoms with Crippen LogP contribution in [-0.2, 0) is 4.79 Å². The number of carboxylic acids is 1. The average molecular weight is 300 g/mol. The largest absolute Gasteiger partial charge is 0.478 e. The van der Waals surface area contributed by atoms with Crippen molar-refractivity contribution >= 4 is 5.97 Å². The average Bonchev–Trinajstić information content (AvgIpc) is 2.14. The highest BCUT2D eigenvalue weighted by molar-refractivity contribution is 5.85. The zero-order valence-electron chi connectivity index (χ0n) is 9.29. The van der Waals surface area contributed by atoms with Crippen LogP contribution in [0.2, 0.25) is 0 Å². The van der Waals surface area contributed by atoms with Gasteiger partial charge in [0.15, 0.2) is 0 Å². The van der Waals surface area contributed by atoms with E-state index in [1.807, 2.05) is 0 Å². The van der Waals surface area contributed by atoms with Gasteiger partial charge in [-0.3, -0.25) is 0 Å². The van der Waals surface area contributed by atoms with Crippen LogP contribution in [0.25, 0.3) is 0 Å². The molecule has 0 rings (SSSR count). The zero-order valence-corrected chi connectivity index (χ0v) is 9.29. The molecule has 0 saturated heterocycles. The van der Waals surface area contributed by atoms with Crippen LogP contribution in [-0.4, -0.2) is 34.8 Å². The Morgan fingerprint density at radius 2 is 1.37 bits per heavy atom. The van der Waals surface area contributed by atoms with E-state index in [1.165, 1.54) is 0 Å². The lowest BCUT2D eigenvalue weighted by atomic mass is 9.95. The highest BCUT2D eigenvalue weighted by Gasteiger charge is 2.78. The molecule has 0 fully saturated rings. The number of hydrogen-bond acceptors (Lipinski definition) is 1. The van der Waals surface area contributed by atoms with Crippen LogP contribution in [0.15, 0.2) is 12.2 Å². The van der Waals surface area contributed by atoms with E-state index in [2.05, 4.69) is 6.58 Å². The predicted molar refractivity (Wildman–Crippen MR) is 46.9 cm³/mol. The molecule has 0 aromatic heterocycles. The molecular formula is C9H8F8O2. The summed E-state index contributed by atoms with van der Waals surface area (Å²) in [6.07, 6.45) is -2.39. The number of aliphatic carboxylic acids is 1. The first-order chi connectivity index (χ1) is 8.08. The zero-order chi connectivity index (χ0) is 15.9. The van der Waals surface area contributed by atoms with Crippen molar-refractivity contribution in [3.63, 3.8) is 0 Å². The number of rotatable bonds is 6. The lowest BCUT2D eigenvalue weighted by Crippen LogP contribution is -2.61. The maximum Gasteiger partial charge on any atom is 0.378 e. The van der Waals surface area contributed by atoms with Crippen molar-refractivity contribution in [3.05, 3.63) is 12.2 Å². The molecule has 0 amide bonds. The molecule has 0 aromatic rings. The van der Waals surface area contributed by atoms with Gasteiger partial charge in [0.25, 0.3) is 0 Å². The Morgan fingerprint density at radius 3 is 1.63 bits per heavy atom. The second kappa shape index (κ2) is 4.64. The van der Waals surface area contributed by atoms with Crippen LogP contribution in [0.3, 0.4) is 0 Å². The van der Waals surface area contributed by atoms with Crippen LogP contribution in [0.4, 0.5) is 35.1 Å². The lowest BCUT2D eigenvalue weighted by molar-refractivity contribution is -0.361. The van der Waals surface area contributed by atoms with E-state index < -0.39 is 48.6 Å². The Morgan fingerprint density at radius 1 is 1.00 bits per heavy atom. The second-order valence-corrected chi connectivity index (χ2v) is 3.83. The number of hydrogen-bond donors (Lipinski definition) is 1. The third kappa shape index (κ3) is 2.98. The molecule has 1 N–H and O–H groups in total. The number of carboxylic acid groups (broad SMARTS) is 1. The molecule has 0 aliphatic rings. The molecule has 0 spiro atoms. The Labute approximate surface area is 101 Å². The lowest BCUT2D eigenvalue weighted by Gasteiger charge is -2.35. The first-order valence-electron chi connectivity index (χ1n) is 4.50. The summed E-state index contributed by atoms with van der Waals surface area (Å²) in [5, 5.41) is 8.16. The molecule has 0 atom stereocenters. The van der Waals surface area contributed by atoms with E-state index in [0.29, 0.717) is 0 Å². The molecule has 112 valence electrons. The van der Waals surface area contributed by atoms with Gasteiger partial charge >= 0.3 is 29.7 Å². The van der Waals surface area contributed by atoms with Gasteiger partial charge in [-0.1, -0.05) is 6.58 Å². The van der Waals surface area contributed by atoms with Gasteiger partial charge in [0.1, 0.15) is 0 Å². The standard InChI is InChI=1S/C9H8F8O2/c1-4(5(18)19)3-7(12,13)9(16,17)8(14,15)6(2,10)11/h1,3H2,2H3,(H,18,19). The van der Waals surface area contributed by atoms with Gasteiger partial charge in [0.2, 0.25) is 0 Å². The van der Waals surface area contributed by atoms with Crippen LogP contribution in [0.5, 0.6) is 0 Å². The highest BCUT2D eigenvalue weighted by Crippen LogP contribution is 2.53. The van der Waals surface area contributed by atoms with E-state index in [4.69, 9.17) is 5.11 Å². The van der Waals surface area contributed by atoms with Gasteiger partial charge in [-0.2, -0.15) is 35.1 Å². The fourth-order valence-electron chi connectivity index (χ4n) is 0.960. The summed E-state index contributed by atoms with van der Waals surface area (Å²) >= 11 is 0. The first-order valence-corrected chi connectivity index (χ1v) is 4.50. The van der Waals surface area contributed by atoms with Gasteiger partial charge < -0.3 is 5.11 Å². The maximum absolute atomic E-state index is 13.0. The fourth-order valence-corrected chi connectivity index (χ4v) is 0.960. The van der Waals surface area contributed by atoms with Gasteiger partial charge in [0, 0.05) is 18.9 Å². The molecule has 2 nitrogen and oxygen atoms in total. The minimum Gasteiger partial charge on any atom is -0.478 e. The molecule has 0 aliphatic carbocycles. The van der Waals surface area contributed by atoms with Crippen molar-refractivity contribution in [3.8, 4) is 0 Å².